The summed E-state index contributed by atoms with van der Waals surface area (Å²) in [6.07, 6.45) is 13.6. The Kier molecular flexibility index (Phi) is 6.52. The molecule has 0 aliphatic rings. The molecule has 0 bridgehead atoms. The zero-order valence-electron chi connectivity index (χ0n) is 13.6. The summed E-state index contributed by atoms with van der Waals surface area (Å²) in [6.45, 7) is 3.42. The molecule has 0 saturated carbocycles. The molecule has 2 aromatic rings. The highest BCUT2D eigenvalue weighted by atomic mass is 15.1. The molecular weight excluding hydrogens is 256 g/mol. The molecule has 0 spiro atoms. The molecule has 1 aromatic heterocycles. The van der Waals surface area contributed by atoms with Gasteiger partial charge in [0.15, 0.2) is 0 Å². The zero-order chi connectivity index (χ0) is 14.9. The topological polar surface area (TPSA) is 8.81 Å². The van der Waals surface area contributed by atoms with Crippen LogP contribution in [-0.4, -0.2) is 4.57 Å². The first kappa shape index (κ1) is 15.8. The van der Waals surface area contributed by atoms with Crippen LogP contribution in [-0.2, 0) is 20.0 Å². The highest BCUT2D eigenvalue weighted by molar-refractivity contribution is 5.18. The Morgan fingerprint density at radius 1 is 0.952 bits per heavy atom. The first-order valence-electron chi connectivity index (χ1n) is 8.39. The van der Waals surface area contributed by atoms with Crippen LogP contribution in [0.3, 0.4) is 0 Å². The molecule has 0 aliphatic carbocycles. The summed E-state index contributed by atoms with van der Waals surface area (Å²) in [5.74, 6) is 1.40. The number of unbranched alkanes of at least 4 members (excludes halogenated alkanes) is 5. The van der Waals surface area contributed by atoms with E-state index in [1.807, 2.05) is 0 Å². The van der Waals surface area contributed by atoms with Crippen molar-refractivity contribution in [1.82, 2.24) is 4.57 Å². The highest BCUT2D eigenvalue weighted by Crippen LogP contribution is 2.10. The molecule has 0 unspecified atom stereocenters. The van der Waals surface area contributed by atoms with E-state index in [0.717, 1.165) is 13.0 Å². The van der Waals surface area contributed by atoms with Gasteiger partial charge in [0.25, 0.3) is 5.82 Å². The van der Waals surface area contributed by atoms with Crippen LogP contribution in [0.4, 0.5) is 0 Å². The summed E-state index contributed by atoms with van der Waals surface area (Å²) in [6, 6.07) is 10.7. The van der Waals surface area contributed by atoms with Crippen molar-refractivity contribution in [3.63, 3.8) is 0 Å². The van der Waals surface area contributed by atoms with Crippen molar-refractivity contribution in [2.75, 3.05) is 0 Å². The molecule has 2 heteroatoms. The molecule has 0 N–H and O–H groups in total. The second kappa shape index (κ2) is 8.66. The fourth-order valence-corrected chi connectivity index (χ4v) is 2.83. The summed E-state index contributed by atoms with van der Waals surface area (Å²) in [7, 11) is 2.15. The summed E-state index contributed by atoms with van der Waals surface area (Å²) >= 11 is 0. The molecule has 1 aromatic carbocycles. The number of aryl methyl sites for hydroxylation is 2. The third kappa shape index (κ3) is 5.04. The Balaban J connectivity index is 1.86. The molecule has 0 aliphatic heterocycles. The van der Waals surface area contributed by atoms with Crippen LogP contribution in [0.1, 0.15) is 56.8 Å². The van der Waals surface area contributed by atoms with Crippen molar-refractivity contribution >= 4 is 0 Å². The predicted molar refractivity (Wildman–Crippen MR) is 88.2 cm³/mol. The first-order valence-corrected chi connectivity index (χ1v) is 8.39. The average molecular weight is 285 g/mol. The van der Waals surface area contributed by atoms with Crippen molar-refractivity contribution in [2.24, 2.45) is 7.05 Å². The quantitative estimate of drug-likeness (QED) is 0.481. The fourth-order valence-electron chi connectivity index (χ4n) is 2.83. The SMILES string of the molecule is CCCCCCCCn1cc[n+](C)c1Cc1ccccc1. The summed E-state index contributed by atoms with van der Waals surface area (Å²) in [4.78, 5) is 0. The van der Waals surface area contributed by atoms with Crippen molar-refractivity contribution in [3.8, 4) is 0 Å². The predicted octanol–water partition coefficient (Wildman–Crippen LogP) is 4.26. The lowest BCUT2D eigenvalue weighted by molar-refractivity contribution is -0.678. The second-order valence-corrected chi connectivity index (χ2v) is 5.95. The molecule has 0 amide bonds. The van der Waals surface area contributed by atoms with Gasteiger partial charge in [-0.3, -0.25) is 0 Å². The van der Waals surface area contributed by atoms with Gasteiger partial charge in [0.2, 0.25) is 0 Å². The van der Waals surface area contributed by atoms with Crippen molar-refractivity contribution in [1.29, 1.82) is 0 Å². The standard InChI is InChI=1S/C19H29N2/c1-3-4-5-6-7-11-14-21-16-15-20(2)19(21)17-18-12-9-8-10-13-18/h8-10,12-13,15-16H,3-7,11,14,17H2,1-2H3/q+1. The van der Waals surface area contributed by atoms with Crippen LogP contribution in [0.5, 0.6) is 0 Å². The number of imidazole rings is 1. The number of nitrogens with zero attached hydrogens (tertiary/aromatic N) is 2. The van der Waals surface area contributed by atoms with E-state index in [-0.39, 0.29) is 0 Å². The van der Waals surface area contributed by atoms with E-state index in [1.54, 1.807) is 0 Å². The minimum atomic E-state index is 1.01. The van der Waals surface area contributed by atoms with Gasteiger partial charge in [-0.15, -0.1) is 0 Å². The lowest BCUT2D eigenvalue weighted by atomic mass is 10.1. The van der Waals surface area contributed by atoms with E-state index < -0.39 is 0 Å². The maximum absolute atomic E-state index is 2.42. The van der Waals surface area contributed by atoms with Crippen molar-refractivity contribution < 1.29 is 4.57 Å². The van der Waals surface area contributed by atoms with Crippen LogP contribution < -0.4 is 4.57 Å². The van der Waals surface area contributed by atoms with Gasteiger partial charge in [-0.25, -0.2) is 9.13 Å². The van der Waals surface area contributed by atoms with Crippen LogP contribution in [0.2, 0.25) is 0 Å². The number of hydrogen-bond donors (Lipinski definition) is 0. The minimum absolute atomic E-state index is 1.01. The van der Waals surface area contributed by atoms with Gasteiger partial charge in [0.05, 0.1) is 20.0 Å². The highest BCUT2D eigenvalue weighted by Gasteiger charge is 2.14. The summed E-state index contributed by atoms with van der Waals surface area (Å²) in [5.41, 5.74) is 1.39. The fraction of sp³-hybridized carbons (Fsp3) is 0.526. The normalized spacial score (nSPS) is 11.0. The number of benzene rings is 1. The Morgan fingerprint density at radius 3 is 2.43 bits per heavy atom. The molecule has 21 heavy (non-hydrogen) atoms. The van der Waals surface area contributed by atoms with Gasteiger partial charge < -0.3 is 0 Å². The van der Waals surface area contributed by atoms with E-state index in [0.29, 0.717) is 0 Å². The Bertz CT molecular complexity index is 514. The Hall–Kier alpha value is -1.57. The smallest absolute Gasteiger partial charge is 0.237 e. The monoisotopic (exact) mass is 285 g/mol. The minimum Gasteiger partial charge on any atom is -0.237 e. The van der Waals surface area contributed by atoms with Gasteiger partial charge in [-0.2, -0.15) is 0 Å². The molecular formula is C19H29N2+. The van der Waals surface area contributed by atoms with Crippen LogP contribution in [0.25, 0.3) is 0 Å². The lowest BCUT2D eigenvalue weighted by Crippen LogP contribution is -2.32. The summed E-state index contributed by atoms with van der Waals surface area (Å²) < 4.78 is 4.68. The molecule has 0 saturated heterocycles. The van der Waals surface area contributed by atoms with E-state index in [4.69, 9.17) is 0 Å². The second-order valence-electron chi connectivity index (χ2n) is 5.95. The molecule has 114 valence electrons. The molecule has 0 radical (unpaired) electrons. The Labute approximate surface area is 129 Å². The van der Waals surface area contributed by atoms with E-state index in [9.17, 15) is 0 Å². The first-order chi connectivity index (χ1) is 10.3. The van der Waals surface area contributed by atoms with Gasteiger partial charge in [0, 0.05) is 0 Å². The van der Waals surface area contributed by atoms with Crippen molar-refractivity contribution in [3.05, 3.63) is 54.1 Å². The van der Waals surface area contributed by atoms with Gasteiger partial charge >= 0.3 is 0 Å². The van der Waals surface area contributed by atoms with Gasteiger partial charge in [-0.1, -0.05) is 62.9 Å². The van der Waals surface area contributed by atoms with Crippen LogP contribution in [0.15, 0.2) is 42.7 Å². The van der Waals surface area contributed by atoms with Crippen LogP contribution in [0, 0.1) is 0 Å². The van der Waals surface area contributed by atoms with E-state index in [1.165, 1.54) is 49.9 Å². The van der Waals surface area contributed by atoms with Crippen molar-refractivity contribution in [2.45, 2.75) is 58.4 Å². The summed E-state index contributed by atoms with van der Waals surface area (Å²) in [5, 5.41) is 0. The van der Waals surface area contributed by atoms with E-state index >= 15 is 0 Å². The molecule has 0 atom stereocenters. The van der Waals surface area contributed by atoms with Crippen LogP contribution >= 0.6 is 0 Å². The lowest BCUT2D eigenvalue weighted by Gasteiger charge is -2.04. The van der Waals surface area contributed by atoms with E-state index in [2.05, 4.69) is 65.8 Å². The molecule has 1 heterocycles. The maximum atomic E-state index is 2.42. The Morgan fingerprint density at radius 2 is 1.67 bits per heavy atom. The zero-order valence-corrected chi connectivity index (χ0v) is 13.6. The number of hydrogen-bond acceptors (Lipinski definition) is 0. The van der Waals surface area contributed by atoms with Gasteiger partial charge in [-0.05, 0) is 18.4 Å². The molecule has 0 fully saturated rings. The maximum Gasteiger partial charge on any atom is 0.260 e. The third-order valence-corrected chi connectivity index (χ3v) is 4.17. The third-order valence-electron chi connectivity index (χ3n) is 4.17. The average Bonchev–Trinajstić information content (AvgIpc) is 2.85. The van der Waals surface area contributed by atoms with Gasteiger partial charge in [0.1, 0.15) is 12.4 Å². The molecule has 2 nitrogen and oxygen atoms in total. The number of aromatic nitrogens is 2. The molecule has 2 rings (SSSR count). The number of rotatable bonds is 9. The largest absolute Gasteiger partial charge is 0.260 e.